The van der Waals surface area contributed by atoms with E-state index in [1.54, 1.807) is 0 Å². The van der Waals surface area contributed by atoms with Gasteiger partial charge in [0, 0.05) is 21.1 Å². The number of guanidine groups is 1. The van der Waals surface area contributed by atoms with Gasteiger partial charge in [-0.15, -0.1) is 0 Å². The molecule has 3 rings (SSSR count). The zero-order valence-corrected chi connectivity index (χ0v) is 12.8. The first-order valence-electron chi connectivity index (χ1n) is 7.26. The van der Waals surface area contributed by atoms with Gasteiger partial charge in [-0.05, 0) is 11.1 Å². The van der Waals surface area contributed by atoms with Crippen molar-refractivity contribution in [1.82, 2.24) is 9.80 Å². The van der Waals surface area contributed by atoms with Crippen LogP contribution in [0.1, 0.15) is 23.2 Å². The Kier molecular flexibility index (Phi) is 3.65. The van der Waals surface area contributed by atoms with Crippen molar-refractivity contribution >= 4 is 5.96 Å². The average molecular weight is 279 g/mol. The second kappa shape index (κ2) is 5.60. The molecule has 2 aromatic rings. The van der Waals surface area contributed by atoms with Gasteiger partial charge in [-0.2, -0.15) is 0 Å². The van der Waals surface area contributed by atoms with Crippen LogP contribution in [0.15, 0.2) is 65.7 Å². The first-order chi connectivity index (χ1) is 10.2. The number of benzene rings is 2. The van der Waals surface area contributed by atoms with Gasteiger partial charge in [-0.1, -0.05) is 60.7 Å². The molecule has 3 heteroatoms. The maximum atomic E-state index is 4.47. The molecule has 1 heterocycles. The number of rotatable bonds is 2. The molecule has 0 N–H and O–H groups in total. The summed E-state index contributed by atoms with van der Waals surface area (Å²) in [7, 11) is 6.11. The molecule has 0 spiro atoms. The predicted octanol–water partition coefficient (Wildman–Crippen LogP) is 3.33. The van der Waals surface area contributed by atoms with Gasteiger partial charge in [-0.3, -0.25) is 4.99 Å². The third kappa shape index (κ3) is 2.29. The van der Waals surface area contributed by atoms with Gasteiger partial charge >= 0.3 is 0 Å². The Bertz CT molecular complexity index is 568. The molecule has 2 aromatic carbocycles. The summed E-state index contributed by atoms with van der Waals surface area (Å²) in [5.41, 5.74) is 2.64. The van der Waals surface area contributed by atoms with Crippen LogP contribution in [0.25, 0.3) is 0 Å². The highest BCUT2D eigenvalue weighted by molar-refractivity contribution is 5.83. The number of hydrogen-bond donors (Lipinski definition) is 0. The second-order valence-corrected chi connectivity index (χ2v) is 5.46. The topological polar surface area (TPSA) is 18.8 Å². The molecule has 0 amide bonds. The van der Waals surface area contributed by atoms with Crippen LogP contribution in [0.4, 0.5) is 0 Å². The minimum Gasteiger partial charge on any atom is -0.336 e. The normalized spacial score (nSPS) is 21.8. The molecule has 1 aliphatic rings. The first-order valence-corrected chi connectivity index (χ1v) is 7.26. The maximum Gasteiger partial charge on any atom is 0.197 e. The second-order valence-electron chi connectivity index (χ2n) is 5.46. The van der Waals surface area contributed by atoms with Crippen molar-refractivity contribution in [3.8, 4) is 0 Å². The lowest BCUT2D eigenvalue weighted by molar-refractivity contribution is 0.316. The van der Waals surface area contributed by atoms with E-state index in [4.69, 9.17) is 0 Å². The third-order valence-electron chi connectivity index (χ3n) is 4.25. The first kappa shape index (κ1) is 13.7. The van der Waals surface area contributed by atoms with Crippen molar-refractivity contribution < 1.29 is 0 Å². The molecule has 0 radical (unpaired) electrons. The van der Waals surface area contributed by atoms with Crippen molar-refractivity contribution in [2.24, 2.45) is 4.99 Å². The zero-order chi connectivity index (χ0) is 14.8. The Labute approximate surface area is 126 Å². The van der Waals surface area contributed by atoms with E-state index in [-0.39, 0.29) is 12.1 Å². The van der Waals surface area contributed by atoms with Gasteiger partial charge in [0.05, 0.1) is 12.1 Å². The molecule has 2 unspecified atom stereocenters. The molecule has 21 heavy (non-hydrogen) atoms. The Morgan fingerprint density at radius 1 is 0.714 bits per heavy atom. The summed E-state index contributed by atoms with van der Waals surface area (Å²) in [4.78, 5) is 9.01. The summed E-state index contributed by atoms with van der Waals surface area (Å²) in [6, 6.07) is 21.9. The fourth-order valence-corrected chi connectivity index (χ4v) is 3.35. The summed E-state index contributed by atoms with van der Waals surface area (Å²) in [5, 5.41) is 0. The SMILES string of the molecule is CN=C1N(C)C(c2ccccc2)C(c2ccccc2)N1C. The van der Waals surface area contributed by atoms with E-state index in [1.807, 2.05) is 7.05 Å². The Morgan fingerprint density at radius 2 is 1.10 bits per heavy atom. The van der Waals surface area contributed by atoms with Crippen LogP contribution in [0.5, 0.6) is 0 Å². The van der Waals surface area contributed by atoms with E-state index in [2.05, 4.69) is 89.6 Å². The molecule has 0 saturated carbocycles. The maximum absolute atomic E-state index is 4.47. The van der Waals surface area contributed by atoms with Gasteiger partial charge in [-0.25, -0.2) is 0 Å². The molecule has 1 aliphatic heterocycles. The molecular weight excluding hydrogens is 258 g/mol. The quantitative estimate of drug-likeness (QED) is 0.839. The predicted molar refractivity (Wildman–Crippen MR) is 87.3 cm³/mol. The number of hydrogen-bond acceptors (Lipinski definition) is 1. The zero-order valence-electron chi connectivity index (χ0n) is 12.8. The molecule has 108 valence electrons. The monoisotopic (exact) mass is 279 g/mol. The van der Waals surface area contributed by atoms with Crippen molar-refractivity contribution in [2.45, 2.75) is 12.1 Å². The lowest BCUT2D eigenvalue weighted by Gasteiger charge is -2.26. The summed E-state index contributed by atoms with van der Waals surface area (Å²) >= 11 is 0. The Hall–Kier alpha value is -2.29. The van der Waals surface area contributed by atoms with Gasteiger partial charge < -0.3 is 9.80 Å². The van der Waals surface area contributed by atoms with Crippen molar-refractivity contribution in [3.05, 3.63) is 71.8 Å². The minimum absolute atomic E-state index is 0.275. The lowest BCUT2D eigenvalue weighted by atomic mass is 9.93. The van der Waals surface area contributed by atoms with E-state index >= 15 is 0 Å². The van der Waals surface area contributed by atoms with E-state index in [9.17, 15) is 0 Å². The van der Waals surface area contributed by atoms with Crippen LogP contribution < -0.4 is 0 Å². The van der Waals surface area contributed by atoms with E-state index in [0.29, 0.717) is 0 Å². The van der Waals surface area contributed by atoms with Crippen LogP contribution in [-0.4, -0.2) is 36.9 Å². The smallest absolute Gasteiger partial charge is 0.197 e. The Balaban J connectivity index is 2.10. The molecule has 2 atom stereocenters. The van der Waals surface area contributed by atoms with Crippen molar-refractivity contribution in [2.75, 3.05) is 21.1 Å². The molecular formula is C18H21N3. The summed E-state index contributed by atoms with van der Waals surface area (Å²) in [5.74, 6) is 1.03. The summed E-state index contributed by atoms with van der Waals surface area (Å²) in [6.45, 7) is 0. The summed E-state index contributed by atoms with van der Waals surface area (Å²) in [6.07, 6.45) is 0. The van der Waals surface area contributed by atoms with Crippen LogP contribution >= 0.6 is 0 Å². The van der Waals surface area contributed by atoms with E-state index < -0.39 is 0 Å². The van der Waals surface area contributed by atoms with Crippen LogP contribution in [0.3, 0.4) is 0 Å². The van der Waals surface area contributed by atoms with Gasteiger partial charge in [0.1, 0.15) is 0 Å². The van der Waals surface area contributed by atoms with Gasteiger partial charge in [0.2, 0.25) is 0 Å². The molecule has 1 saturated heterocycles. The van der Waals surface area contributed by atoms with Crippen LogP contribution in [-0.2, 0) is 0 Å². The fraction of sp³-hybridized carbons (Fsp3) is 0.278. The highest BCUT2D eigenvalue weighted by Crippen LogP contribution is 2.42. The third-order valence-corrected chi connectivity index (χ3v) is 4.25. The number of aliphatic imine (C=N–C) groups is 1. The number of nitrogens with zero attached hydrogens (tertiary/aromatic N) is 3. The van der Waals surface area contributed by atoms with Gasteiger partial charge in [0.25, 0.3) is 0 Å². The van der Waals surface area contributed by atoms with Crippen LogP contribution in [0.2, 0.25) is 0 Å². The number of likely N-dealkylation sites (N-methyl/N-ethyl adjacent to an activating group) is 2. The van der Waals surface area contributed by atoms with E-state index in [0.717, 1.165) is 5.96 Å². The van der Waals surface area contributed by atoms with Crippen molar-refractivity contribution in [3.63, 3.8) is 0 Å². The molecule has 1 fully saturated rings. The highest BCUT2D eigenvalue weighted by Gasteiger charge is 2.41. The molecule has 3 nitrogen and oxygen atoms in total. The molecule has 0 aliphatic carbocycles. The van der Waals surface area contributed by atoms with Crippen molar-refractivity contribution in [1.29, 1.82) is 0 Å². The van der Waals surface area contributed by atoms with E-state index in [1.165, 1.54) is 11.1 Å². The standard InChI is InChI=1S/C18H21N3/c1-19-18-20(2)16(14-10-6-4-7-11-14)17(21(18)3)15-12-8-5-9-13-15/h4-13,16-17H,1-3H3. The highest BCUT2D eigenvalue weighted by atomic mass is 15.4. The fourth-order valence-electron chi connectivity index (χ4n) is 3.35. The van der Waals surface area contributed by atoms with Crippen LogP contribution in [0, 0.1) is 0 Å². The van der Waals surface area contributed by atoms with Gasteiger partial charge in [0.15, 0.2) is 5.96 Å². The minimum atomic E-state index is 0.275. The molecule has 0 aromatic heterocycles. The largest absolute Gasteiger partial charge is 0.336 e. The average Bonchev–Trinajstić information content (AvgIpc) is 2.79. The Morgan fingerprint density at radius 3 is 1.43 bits per heavy atom. The molecule has 0 bridgehead atoms. The lowest BCUT2D eigenvalue weighted by Crippen LogP contribution is -2.29. The summed E-state index contributed by atoms with van der Waals surface area (Å²) < 4.78 is 0.